The maximum atomic E-state index is 12.9. The highest BCUT2D eigenvalue weighted by atomic mass is 32.2. The number of ketones is 1. The number of para-hydroxylation sites is 1. The fourth-order valence-corrected chi connectivity index (χ4v) is 4.86. The summed E-state index contributed by atoms with van der Waals surface area (Å²) in [7, 11) is -3.62. The van der Waals surface area contributed by atoms with Gasteiger partial charge in [-0.15, -0.1) is 0 Å². The first kappa shape index (κ1) is 18.6. The van der Waals surface area contributed by atoms with E-state index in [1.165, 1.54) is 23.4 Å². The van der Waals surface area contributed by atoms with Gasteiger partial charge in [-0.1, -0.05) is 30.3 Å². The predicted octanol–water partition coefficient (Wildman–Crippen LogP) is 3.28. The van der Waals surface area contributed by atoms with Crippen LogP contribution in [0, 0.1) is 0 Å². The van der Waals surface area contributed by atoms with Gasteiger partial charge in [0, 0.05) is 23.7 Å². The molecule has 0 saturated carbocycles. The van der Waals surface area contributed by atoms with E-state index >= 15 is 0 Å². The fraction of sp³-hybridized carbons (Fsp3) is 0.238. The van der Waals surface area contributed by atoms with Gasteiger partial charge in [-0.3, -0.25) is 9.78 Å². The maximum Gasteiger partial charge on any atom is 0.243 e. The lowest BCUT2D eigenvalue weighted by molar-refractivity contribution is 0.101. The van der Waals surface area contributed by atoms with Crippen molar-refractivity contribution >= 4 is 26.7 Å². The molecule has 1 aliphatic rings. The van der Waals surface area contributed by atoms with E-state index in [1.807, 2.05) is 30.3 Å². The lowest BCUT2D eigenvalue weighted by atomic mass is 10.2. The van der Waals surface area contributed by atoms with Gasteiger partial charge in [0.25, 0.3) is 0 Å². The van der Waals surface area contributed by atoms with Gasteiger partial charge >= 0.3 is 0 Å². The summed E-state index contributed by atoms with van der Waals surface area (Å²) >= 11 is 0. The summed E-state index contributed by atoms with van der Waals surface area (Å²) in [6.45, 7) is 2.12. The molecule has 1 saturated heterocycles. The smallest absolute Gasteiger partial charge is 0.243 e. The third-order valence-corrected chi connectivity index (χ3v) is 6.78. The molecular formula is C21H20N2O4S. The Morgan fingerprint density at radius 3 is 2.61 bits per heavy atom. The lowest BCUT2D eigenvalue weighted by Gasteiger charge is -2.18. The summed E-state index contributed by atoms with van der Waals surface area (Å²) in [6.07, 6.45) is 2.08. The van der Waals surface area contributed by atoms with Crippen LogP contribution in [0.4, 0.5) is 0 Å². The van der Waals surface area contributed by atoms with Gasteiger partial charge in [0.2, 0.25) is 10.0 Å². The Labute approximate surface area is 163 Å². The van der Waals surface area contributed by atoms with Crippen LogP contribution in [0.1, 0.15) is 23.7 Å². The Bertz CT molecular complexity index is 1120. The number of ether oxygens (including phenoxy) is 1. The van der Waals surface area contributed by atoms with Crippen molar-refractivity contribution in [1.82, 2.24) is 9.29 Å². The molecular weight excluding hydrogens is 376 g/mol. The molecule has 0 aliphatic carbocycles. The van der Waals surface area contributed by atoms with E-state index in [0.29, 0.717) is 24.3 Å². The first-order chi connectivity index (χ1) is 13.4. The van der Waals surface area contributed by atoms with Crippen molar-refractivity contribution in [3.63, 3.8) is 0 Å². The molecule has 3 aromatic rings. The number of sulfonamides is 1. The molecule has 144 valence electrons. The number of hydrogen-bond acceptors (Lipinski definition) is 5. The normalized spacial score (nSPS) is 17.7. The van der Waals surface area contributed by atoms with Gasteiger partial charge in [-0.25, -0.2) is 8.42 Å². The molecule has 7 heteroatoms. The highest BCUT2D eigenvalue weighted by molar-refractivity contribution is 7.89. The number of fused-ring (bicyclic) bond motifs is 1. The van der Waals surface area contributed by atoms with Crippen LogP contribution in [0.3, 0.4) is 0 Å². The number of hydrogen-bond donors (Lipinski definition) is 0. The molecule has 1 atom stereocenters. The number of aromatic nitrogens is 1. The molecule has 0 spiro atoms. The first-order valence-electron chi connectivity index (χ1n) is 9.07. The zero-order valence-corrected chi connectivity index (χ0v) is 16.2. The topological polar surface area (TPSA) is 76.6 Å². The molecule has 28 heavy (non-hydrogen) atoms. The minimum atomic E-state index is -3.62. The van der Waals surface area contributed by atoms with Crippen LogP contribution in [-0.4, -0.2) is 42.7 Å². The van der Waals surface area contributed by atoms with Crippen molar-refractivity contribution in [3.8, 4) is 5.75 Å². The SMILES string of the molecule is CC(=O)c1ccc(S(=O)(=O)N2CCC(Oc3cccc4cccnc34)C2)cc1. The second-order valence-electron chi connectivity index (χ2n) is 6.80. The predicted molar refractivity (Wildman–Crippen MR) is 106 cm³/mol. The second kappa shape index (κ2) is 7.33. The molecule has 4 rings (SSSR count). The molecule has 2 aromatic carbocycles. The molecule has 1 unspecified atom stereocenters. The summed E-state index contributed by atoms with van der Waals surface area (Å²) in [6, 6.07) is 15.6. The van der Waals surface area contributed by atoms with Crippen LogP contribution in [0.2, 0.25) is 0 Å². The molecule has 0 bridgehead atoms. The van der Waals surface area contributed by atoms with Crippen LogP contribution < -0.4 is 4.74 Å². The molecule has 2 heterocycles. The summed E-state index contributed by atoms with van der Waals surface area (Å²) in [5.74, 6) is 0.565. The Balaban J connectivity index is 1.51. The van der Waals surface area contributed by atoms with E-state index in [4.69, 9.17) is 4.74 Å². The van der Waals surface area contributed by atoms with Crippen molar-refractivity contribution < 1.29 is 17.9 Å². The van der Waals surface area contributed by atoms with E-state index in [0.717, 1.165) is 10.9 Å². The third-order valence-electron chi connectivity index (χ3n) is 4.90. The van der Waals surface area contributed by atoms with Crippen LogP contribution in [-0.2, 0) is 10.0 Å². The van der Waals surface area contributed by atoms with Gasteiger partial charge in [-0.05, 0) is 37.6 Å². The van der Waals surface area contributed by atoms with Crippen LogP contribution >= 0.6 is 0 Å². The number of benzene rings is 2. The van der Waals surface area contributed by atoms with Crippen molar-refractivity contribution in [3.05, 3.63) is 66.4 Å². The van der Waals surface area contributed by atoms with Crippen LogP contribution in [0.5, 0.6) is 5.75 Å². The average Bonchev–Trinajstić information content (AvgIpc) is 3.18. The number of carbonyl (C=O) groups excluding carboxylic acids is 1. The summed E-state index contributed by atoms with van der Waals surface area (Å²) in [4.78, 5) is 16.0. The van der Waals surface area contributed by atoms with Gasteiger partial charge in [-0.2, -0.15) is 4.31 Å². The van der Waals surface area contributed by atoms with E-state index in [-0.39, 0.29) is 23.3 Å². The Morgan fingerprint density at radius 1 is 1.11 bits per heavy atom. The van der Waals surface area contributed by atoms with E-state index in [1.54, 1.807) is 18.3 Å². The van der Waals surface area contributed by atoms with Crippen molar-refractivity contribution in [2.24, 2.45) is 0 Å². The highest BCUT2D eigenvalue weighted by Gasteiger charge is 2.34. The standard InChI is InChI=1S/C21H20N2O4S/c1-15(24)16-7-9-19(10-8-16)28(25,26)23-13-11-18(14-23)27-20-6-2-4-17-5-3-12-22-21(17)20/h2-10,12,18H,11,13-14H2,1H3. The maximum absolute atomic E-state index is 12.9. The largest absolute Gasteiger partial charge is 0.487 e. The zero-order chi connectivity index (χ0) is 19.7. The number of nitrogens with zero attached hydrogens (tertiary/aromatic N) is 2. The van der Waals surface area contributed by atoms with Crippen molar-refractivity contribution in [1.29, 1.82) is 0 Å². The van der Waals surface area contributed by atoms with Gasteiger partial charge < -0.3 is 4.74 Å². The molecule has 6 nitrogen and oxygen atoms in total. The second-order valence-corrected chi connectivity index (χ2v) is 8.74. The molecule has 1 aromatic heterocycles. The lowest BCUT2D eigenvalue weighted by Crippen LogP contribution is -2.31. The van der Waals surface area contributed by atoms with Crippen LogP contribution in [0.15, 0.2) is 65.7 Å². The fourth-order valence-electron chi connectivity index (χ4n) is 3.37. The Morgan fingerprint density at radius 2 is 1.86 bits per heavy atom. The quantitative estimate of drug-likeness (QED) is 0.619. The zero-order valence-electron chi connectivity index (χ0n) is 15.4. The Kier molecular flexibility index (Phi) is 4.87. The summed E-state index contributed by atoms with van der Waals surface area (Å²) in [5, 5.41) is 0.980. The number of pyridine rings is 1. The third kappa shape index (κ3) is 3.50. The molecule has 1 fully saturated rings. The highest BCUT2D eigenvalue weighted by Crippen LogP contribution is 2.28. The van der Waals surface area contributed by atoms with Crippen molar-refractivity contribution in [2.75, 3.05) is 13.1 Å². The van der Waals surface area contributed by atoms with E-state index < -0.39 is 10.0 Å². The molecule has 0 amide bonds. The number of Topliss-reactive ketones (excluding diaryl/α,β-unsaturated/α-hetero) is 1. The summed E-state index contributed by atoms with van der Waals surface area (Å²) < 4.78 is 33.3. The number of rotatable bonds is 5. The van der Waals surface area contributed by atoms with Crippen LogP contribution in [0.25, 0.3) is 10.9 Å². The van der Waals surface area contributed by atoms with E-state index in [2.05, 4.69) is 4.98 Å². The molecule has 0 radical (unpaired) electrons. The number of carbonyl (C=O) groups is 1. The monoisotopic (exact) mass is 396 g/mol. The minimum Gasteiger partial charge on any atom is -0.487 e. The van der Waals surface area contributed by atoms with Gasteiger partial charge in [0.1, 0.15) is 17.4 Å². The Hall–Kier alpha value is -2.77. The minimum absolute atomic E-state index is 0.0951. The first-order valence-corrected chi connectivity index (χ1v) is 10.5. The van der Waals surface area contributed by atoms with E-state index in [9.17, 15) is 13.2 Å². The average molecular weight is 396 g/mol. The van der Waals surface area contributed by atoms with Gasteiger partial charge in [0.05, 0.1) is 11.4 Å². The molecule has 0 N–H and O–H groups in total. The molecule has 1 aliphatic heterocycles. The van der Waals surface area contributed by atoms with Crippen molar-refractivity contribution in [2.45, 2.75) is 24.3 Å². The summed E-state index contributed by atoms with van der Waals surface area (Å²) in [5.41, 5.74) is 1.26. The van der Waals surface area contributed by atoms with Gasteiger partial charge in [0.15, 0.2) is 5.78 Å².